The molecule has 2 aromatic heterocycles. The maximum Gasteiger partial charge on any atom is 0.336 e. The van der Waals surface area contributed by atoms with Gasteiger partial charge < -0.3 is 14.6 Å². The quantitative estimate of drug-likeness (QED) is 0.315. The van der Waals surface area contributed by atoms with Crippen LogP contribution in [0.4, 0.5) is 0 Å². The van der Waals surface area contributed by atoms with Crippen LogP contribution in [0.1, 0.15) is 67.2 Å². The van der Waals surface area contributed by atoms with E-state index in [-0.39, 0.29) is 5.56 Å². The summed E-state index contributed by atoms with van der Waals surface area (Å²) in [7, 11) is 3.19. The van der Waals surface area contributed by atoms with Crippen molar-refractivity contribution in [2.45, 2.75) is 58.3 Å². The normalized spacial score (nSPS) is 11.6. The van der Waals surface area contributed by atoms with Crippen molar-refractivity contribution >= 4 is 5.97 Å². The van der Waals surface area contributed by atoms with Crippen molar-refractivity contribution in [1.82, 2.24) is 19.7 Å². The minimum atomic E-state index is -0.984. The lowest BCUT2D eigenvalue weighted by Crippen LogP contribution is -2.31. The number of hydrogen-bond acceptors (Lipinski definition) is 6. The Morgan fingerprint density at radius 2 is 1.85 bits per heavy atom. The van der Waals surface area contributed by atoms with Crippen LogP contribution in [0.5, 0.6) is 0 Å². The highest BCUT2D eigenvalue weighted by Gasteiger charge is 2.35. The molecule has 0 fully saturated rings. The fourth-order valence-electron chi connectivity index (χ4n) is 3.84. The molecule has 0 radical (unpaired) electrons. The minimum Gasteiger partial charge on any atom is -0.478 e. The Kier molecular flexibility index (Phi) is 8.30. The number of ether oxygens (including phenoxy) is 2. The number of rotatable bonds is 12. The van der Waals surface area contributed by atoms with Crippen molar-refractivity contribution in [3.8, 4) is 11.1 Å². The van der Waals surface area contributed by atoms with E-state index in [0.29, 0.717) is 24.2 Å². The highest BCUT2D eigenvalue weighted by Crippen LogP contribution is 2.28. The van der Waals surface area contributed by atoms with Crippen molar-refractivity contribution in [2.24, 2.45) is 0 Å². The van der Waals surface area contributed by atoms with E-state index in [0.717, 1.165) is 42.9 Å². The summed E-state index contributed by atoms with van der Waals surface area (Å²) in [6.45, 7) is 4.90. The van der Waals surface area contributed by atoms with Gasteiger partial charge in [-0.25, -0.2) is 14.5 Å². The van der Waals surface area contributed by atoms with Gasteiger partial charge >= 0.3 is 5.97 Å². The van der Waals surface area contributed by atoms with Crippen LogP contribution < -0.4 is 0 Å². The fraction of sp³-hybridized carbons (Fsp3) is 0.440. The Morgan fingerprint density at radius 3 is 2.45 bits per heavy atom. The zero-order chi connectivity index (χ0) is 23.8. The van der Waals surface area contributed by atoms with Crippen LogP contribution in [-0.4, -0.2) is 45.0 Å². The van der Waals surface area contributed by atoms with Gasteiger partial charge in [0.1, 0.15) is 5.82 Å². The molecule has 3 rings (SSSR count). The molecule has 0 atom stereocenters. The van der Waals surface area contributed by atoms with Crippen LogP contribution >= 0.6 is 0 Å². The van der Waals surface area contributed by atoms with Crippen LogP contribution in [0.2, 0.25) is 0 Å². The largest absolute Gasteiger partial charge is 0.478 e. The molecule has 0 aliphatic carbocycles. The van der Waals surface area contributed by atoms with E-state index in [4.69, 9.17) is 19.6 Å². The summed E-state index contributed by atoms with van der Waals surface area (Å²) >= 11 is 0. The topological polar surface area (TPSA) is 99.4 Å². The molecule has 1 N–H and O–H groups in total. The number of benzene rings is 1. The SMILES string of the molecule is CCCCCn1nc(C(CC)(OC)OC)nc1Cc1ccc(-c2ccccc2C(=O)O)cn1. The zero-order valence-electron chi connectivity index (χ0n) is 19.7. The summed E-state index contributed by atoms with van der Waals surface area (Å²) in [4.78, 5) is 20.9. The van der Waals surface area contributed by atoms with Gasteiger partial charge in [-0.2, -0.15) is 5.10 Å². The van der Waals surface area contributed by atoms with Crippen molar-refractivity contribution in [3.05, 3.63) is 65.5 Å². The van der Waals surface area contributed by atoms with E-state index in [1.54, 1.807) is 38.6 Å². The van der Waals surface area contributed by atoms with Crippen molar-refractivity contribution < 1.29 is 19.4 Å². The average Bonchev–Trinajstić information content (AvgIpc) is 3.24. The first-order valence-electron chi connectivity index (χ1n) is 11.3. The van der Waals surface area contributed by atoms with E-state index in [1.165, 1.54) is 0 Å². The molecule has 33 heavy (non-hydrogen) atoms. The first kappa shape index (κ1) is 24.5. The number of unbranched alkanes of at least 4 members (excludes halogenated alkanes) is 2. The lowest BCUT2D eigenvalue weighted by atomic mass is 10.0. The molecule has 0 spiro atoms. The smallest absolute Gasteiger partial charge is 0.336 e. The molecular formula is C25H32N4O4. The third-order valence-electron chi connectivity index (χ3n) is 5.82. The molecule has 3 aromatic rings. The number of carbonyl (C=O) groups is 1. The van der Waals surface area contributed by atoms with Crippen LogP contribution in [0.15, 0.2) is 42.6 Å². The molecular weight excluding hydrogens is 420 g/mol. The second-order valence-electron chi connectivity index (χ2n) is 7.86. The standard InChI is InChI=1S/C25H32N4O4/c1-5-7-10-15-29-22(27-24(28-29)25(6-2,32-3)33-4)16-19-14-13-18(17-26-19)20-11-8-9-12-21(20)23(30)31/h8-9,11-14,17H,5-7,10,15-16H2,1-4H3,(H,30,31). The Bertz CT molecular complexity index is 1050. The number of carboxylic acid groups (broad SMARTS) is 1. The molecule has 0 amide bonds. The maximum absolute atomic E-state index is 11.5. The summed E-state index contributed by atoms with van der Waals surface area (Å²) in [5, 5.41) is 14.2. The van der Waals surface area contributed by atoms with Crippen molar-refractivity contribution in [3.63, 3.8) is 0 Å². The molecule has 8 heteroatoms. The summed E-state index contributed by atoms with van der Waals surface area (Å²) < 4.78 is 13.2. The van der Waals surface area contributed by atoms with Crippen molar-refractivity contribution in [1.29, 1.82) is 0 Å². The van der Waals surface area contributed by atoms with Gasteiger partial charge in [-0.3, -0.25) is 4.98 Å². The number of hydrogen-bond donors (Lipinski definition) is 1. The summed E-state index contributed by atoms with van der Waals surface area (Å²) in [5.74, 6) is -0.645. The predicted molar refractivity (Wildman–Crippen MR) is 125 cm³/mol. The third kappa shape index (κ3) is 5.46. The lowest BCUT2D eigenvalue weighted by molar-refractivity contribution is -0.222. The number of aryl methyl sites for hydroxylation is 1. The zero-order valence-corrected chi connectivity index (χ0v) is 19.7. The van der Waals surface area contributed by atoms with Gasteiger partial charge in [-0.05, 0) is 24.1 Å². The molecule has 0 saturated heterocycles. The van der Waals surface area contributed by atoms with Gasteiger partial charge in [-0.1, -0.05) is 51.0 Å². The number of pyridine rings is 1. The summed E-state index contributed by atoms with van der Waals surface area (Å²) in [5.41, 5.74) is 2.47. The van der Waals surface area contributed by atoms with E-state index in [9.17, 15) is 9.90 Å². The Labute approximate surface area is 194 Å². The Morgan fingerprint density at radius 1 is 1.09 bits per heavy atom. The highest BCUT2D eigenvalue weighted by molar-refractivity contribution is 5.95. The van der Waals surface area contributed by atoms with E-state index < -0.39 is 11.8 Å². The average molecular weight is 453 g/mol. The van der Waals surface area contributed by atoms with Gasteiger partial charge in [0.2, 0.25) is 11.6 Å². The molecule has 0 aliphatic heterocycles. The third-order valence-corrected chi connectivity index (χ3v) is 5.82. The highest BCUT2D eigenvalue weighted by atomic mass is 16.7. The number of methoxy groups -OCH3 is 2. The molecule has 0 saturated carbocycles. The molecule has 8 nitrogen and oxygen atoms in total. The fourth-order valence-corrected chi connectivity index (χ4v) is 3.84. The minimum absolute atomic E-state index is 0.252. The molecule has 176 valence electrons. The molecule has 2 heterocycles. The summed E-state index contributed by atoms with van der Waals surface area (Å²) in [6.07, 6.45) is 6.01. The Balaban J connectivity index is 1.89. The van der Waals surface area contributed by atoms with E-state index in [2.05, 4.69) is 11.9 Å². The monoisotopic (exact) mass is 452 g/mol. The Hall–Kier alpha value is -3.10. The maximum atomic E-state index is 11.5. The summed E-state index contributed by atoms with van der Waals surface area (Å²) in [6, 6.07) is 10.7. The number of nitrogens with zero attached hydrogens (tertiary/aromatic N) is 4. The number of aromatic carboxylic acids is 1. The first-order chi connectivity index (χ1) is 16.0. The lowest BCUT2D eigenvalue weighted by Gasteiger charge is -2.26. The van der Waals surface area contributed by atoms with Gasteiger partial charge in [0.05, 0.1) is 5.56 Å². The number of aromatic nitrogens is 4. The molecule has 0 aliphatic rings. The predicted octanol–water partition coefficient (Wildman–Crippen LogP) is 4.67. The first-order valence-corrected chi connectivity index (χ1v) is 11.3. The van der Waals surface area contributed by atoms with E-state index in [1.807, 2.05) is 29.8 Å². The second-order valence-corrected chi connectivity index (χ2v) is 7.86. The number of carboxylic acids is 1. The van der Waals surface area contributed by atoms with Gasteiger partial charge in [0.15, 0.2) is 0 Å². The molecule has 0 bridgehead atoms. The molecule has 0 unspecified atom stereocenters. The van der Waals surface area contributed by atoms with Gasteiger partial charge in [0, 0.05) is 51.1 Å². The van der Waals surface area contributed by atoms with Crippen LogP contribution in [0, 0.1) is 0 Å². The molecule has 1 aromatic carbocycles. The van der Waals surface area contributed by atoms with Crippen LogP contribution in [0.25, 0.3) is 11.1 Å². The van der Waals surface area contributed by atoms with Crippen LogP contribution in [0.3, 0.4) is 0 Å². The van der Waals surface area contributed by atoms with E-state index >= 15 is 0 Å². The second kappa shape index (κ2) is 11.2. The van der Waals surface area contributed by atoms with Crippen LogP contribution in [-0.2, 0) is 28.2 Å². The van der Waals surface area contributed by atoms with Crippen molar-refractivity contribution in [2.75, 3.05) is 14.2 Å². The van der Waals surface area contributed by atoms with Gasteiger partial charge in [-0.15, -0.1) is 0 Å². The van der Waals surface area contributed by atoms with Gasteiger partial charge in [0.25, 0.3) is 0 Å².